The molecule has 1 rings (SSSR count). The first-order chi connectivity index (χ1) is 6.11. The van der Waals surface area contributed by atoms with Gasteiger partial charge in [0.15, 0.2) is 6.29 Å². The van der Waals surface area contributed by atoms with E-state index in [4.69, 9.17) is 0 Å². The molecule has 70 valence electrons. The molecule has 0 saturated heterocycles. The normalized spacial score (nSPS) is 10.0. The second-order valence-electron chi connectivity index (χ2n) is 2.64. The van der Waals surface area contributed by atoms with Gasteiger partial charge in [0, 0.05) is 19.8 Å². The van der Waals surface area contributed by atoms with E-state index in [1.807, 2.05) is 0 Å². The summed E-state index contributed by atoms with van der Waals surface area (Å²) in [5.74, 6) is 0. The zero-order valence-electron chi connectivity index (χ0n) is 7.48. The molecule has 0 spiro atoms. The summed E-state index contributed by atoms with van der Waals surface area (Å²) in [6, 6.07) is 0. The molecule has 0 fully saturated rings. The van der Waals surface area contributed by atoms with Gasteiger partial charge in [0.2, 0.25) is 0 Å². The monoisotopic (exact) mass is 182 g/mol. The van der Waals surface area contributed by atoms with Crippen LogP contribution in [0.5, 0.6) is 0 Å². The Morgan fingerprint density at radius 2 is 2.08 bits per heavy atom. The van der Waals surface area contributed by atoms with Crippen molar-refractivity contribution in [3.05, 3.63) is 32.6 Å². The lowest BCUT2D eigenvalue weighted by atomic mass is 10.3. The molecular formula is C8H10N2O3. The summed E-state index contributed by atoms with van der Waals surface area (Å²) >= 11 is 0. The second-order valence-corrected chi connectivity index (χ2v) is 2.64. The average Bonchev–Trinajstić information content (AvgIpc) is 2.15. The molecule has 1 heterocycles. The molecule has 0 bridgehead atoms. The van der Waals surface area contributed by atoms with E-state index in [1.165, 1.54) is 17.8 Å². The zero-order chi connectivity index (χ0) is 10.0. The molecular weight excluding hydrogens is 172 g/mol. The fraction of sp³-hybridized carbons (Fsp3) is 0.375. The minimum absolute atomic E-state index is 0.00366. The van der Waals surface area contributed by atoms with Crippen LogP contribution in [0.15, 0.2) is 15.8 Å². The quantitative estimate of drug-likeness (QED) is 0.572. The maximum Gasteiger partial charge on any atom is 0.330 e. The van der Waals surface area contributed by atoms with Crippen molar-refractivity contribution < 1.29 is 4.79 Å². The van der Waals surface area contributed by atoms with Gasteiger partial charge in [-0.3, -0.25) is 18.7 Å². The Morgan fingerprint density at radius 1 is 1.46 bits per heavy atom. The van der Waals surface area contributed by atoms with Gasteiger partial charge >= 0.3 is 5.69 Å². The molecule has 0 saturated carbocycles. The summed E-state index contributed by atoms with van der Waals surface area (Å²) < 4.78 is 2.23. The van der Waals surface area contributed by atoms with Crippen LogP contribution >= 0.6 is 0 Å². The van der Waals surface area contributed by atoms with E-state index in [1.54, 1.807) is 6.92 Å². The van der Waals surface area contributed by atoms with Gasteiger partial charge < -0.3 is 0 Å². The van der Waals surface area contributed by atoms with Crippen molar-refractivity contribution in [3.63, 3.8) is 0 Å². The molecule has 5 heteroatoms. The van der Waals surface area contributed by atoms with Gasteiger partial charge in [-0.15, -0.1) is 0 Å². The van der Waals surface area contributed by atoms with Gasteiger partial charge in [0.1, 0.15) is 0 Å². The highest BCUT2D eigenvalue weighted by molar-refractivity contribution is 5.73. The highest BCUT2D eigenvalue weighted by Crippen LogP contribution is 1.83. The van der Waals surface area contributed by atoms with E-state index in [2.05, 4.69) is 0 Å². The molecule has 0 amide bonds. The number of aldehydes is 1. The number of rotatable bonds is 2. The van der Waals surface area contributed by atoms with Crippen LogP contribution in [0.2, 0.25) is 0 Å². The molecule has 1 aromatic rings. The molecule has 0 N–H and O–H groups in total. The summed E-state index contributed by atoms with van der Waals surface area (Å²) in [4.78, 5) is 32.9. The van der Waals surface area contributed by atoms with Crippen molar-refractivity contribution in [1.82, 2.24) is 9.13 Å². The number of nitrogens with zero attached hydrogens (tertiary/aromatic N) is 2. The number of hydrogen-bond acceptors (Lipinski definition) is 3. The van der Waals surface area contributed by atoms with Gasteiger partial charge in [-0.25, -0.2) is 4.79 Å². The van der Waals surface area contributed by atoms with Crippen LogP contribution < -0.4 is 11.2 Å². The van der Waals surface area contributed by atoms with Crippen LogP contribution in [0.1, 0.15) is 17.3 Å². The number of hydrogen-bond donors (Lipinski definition) is 0. The number of carbonyl (C=O) groups excluding carboxylic acids is 1. The van der Waals surface area contributed by atoms with E-state index < -0.39 is 11.2 Å². The van der Waals surface area contributed by atoms with Crippen LogP contribution in [-0.2, 0) is 13.6 Å². The van der Waals surface area contributed by atoms with Crippen LogP contribution in [0, 0.1) is 0 Å². The first-order valence-electron chi connectivity index (χ1n) is 3.87. The van der Waals surface area contributed by atoms with Crippen molar-refractivity contribution in [2.24, 2.45) is 7.05 Å². The fourth-order valence-electron chi connectivity index (χ4n) is 1.06. The lowest BCUT2D eigenvalue weighted by molar-refractivity contribution is 0.112. The molecule has 0 unspecified atom stereocenters. The summed E-state index contributed by atoms with van der Waals surface area (Å²) in [7, 11) is 1.35. The van der Waals surface area contributed by atoms with Gasteiger partial charge in [0.05, 0.1) is 5.56 Å². The van der Waals surface area contributed by atoms with Gasteiger partial charge in [-0.1, -0.05) is 0 Å². The Labute approximate surface area is 74.2 Å². The fourth-order valence-corrected chi connectivity index (χ4v) is 1.06. The van der Waals surface area contributed by atoms with E-state index in [0.717, 1.165) is 4.57 Å². The van der Waals surface area contributed by atoms with Gasteiger partial charge in [-0.2, -0.15) is 0 Å². The number of carbonyl (C=O) groups is 1. The molecule has 0 atom stereocenters. The van der Waals surface area contributed by atoms with E-state index >= 15 is 0 Å². The van der Waals surface area contributed by atoms with Crippen molar-refractivity contribution in [2.45, 2.75) is 13.5 Å². The Hall–Kier alpha value is -1.65. The van der Waals surface area contributed by atoms with Crippen LogP contribution in [0.25, 0.3) is 0 Å². The Kier molecular flexibility index (Phi) is 2.46. The highest BCUT2D eigenvalue weighted by Gasteiger charge is 2.05. The van der Waals surface area contributed by atoms with Crippen molar-refractivity contribution in [2.75, 3.05) is 0 Å². The Morgan fingerprint density at radius 3 is 2.54 bits per heavy atom. The summed E-state index contributed by atoms with van der Waals surface area (Å²) in [5.41, 5.74) is -0.952. The summed E-state index contributed by atoms with van der Waals surface area (Å²) in [6.07, 6.45) is 1.73. The van der Waals surface area contributed by atoms with Crippen LogP contribution in [-0.4, -0.2) is 15.4 Å². The number of aromatic nitrogens is 2. The third-order valence-electron chi connectivity index (χ3n) is 1.85. The van der Waals surface area contributed by atoms with Gasteiger partial charge in [-0.05, 0) is 6.92 Å². The Balaban J connectivity index is 3.65. The molecule has 0 aliphatic rings. The summed E-state index contributed by atoms with van der Waals surface area (Å²) in [6.45, 7) is 2.20. The lowest BCUT2D eigenvalue weighted by Crippen LogP contribution is -2.39. The SMILES string of the molecule is CCn1cc(C=O)c(=O)n(C)c1=O. The predicted octanol–water partition coefficient (Wildman–Crippen LogP) is -0.621. The van der Waals surface area contributed by atoms with Crippen molar-refractivity contribution in [3.8, 4) is 0 Å². The third kappa shape index (κ3) is 1.44. The maximum absolute atomic E-state index is 11.3. The van der Waals surface area contributed by atoms with Crippen LogP contribution in [0.3, 0.4) is 0 Å². The lowest BCUT2D eigenvalue weighted by Gasteiger charge is -2.04. The largest absolute Gasteiger partial charge is 0.330 e. The second kappa shape index (κ2) is 3.38. The third-order valence-corrected chi connectivity index (χ3v) is 1.85. The highest BCUT2D eigenvalue weighted by atomic mass is 16.2. The Bertz CT molecular complexity index is 442. The van der Waals surface area contributed by atoms with E-state index in [9.17, 15) is 14.4 Å². The van der Waals surface area contributed by atoms with E-state index in [0.29, 0.717) is 12.8 Å². The average molecular weight is 182 g/mol. The molecule has 1 aromatic heterocycles. The minimum Gasteiger partial charge on any atom is -0.300 e. The molecule has 0 aliphatic carbocycles. The van der Waals surface area contributed by atoms with Crippen molar-refractivity contribution >= 4 is 6.29 Å². The predicted molar refractivity (Wildman–Crippen MR) is 47.0 cm³/mol. The van der Waals surface area contributed by atoms with Crippen molar-refractivity contribution in [1.29, 1.82) is 0 Å². The minimum atomic E-state index is -0.551. The standard InChI is InChI=1S/C8H10N2O3/c1-3-10-4-6(5-11)7(12)9(2)8(10)13/h4-5H,3H2,1-2H3. The zero-order valence-corrected chi connectivity index (χ0v) is 7.48. The topological polar surface area (TPSA) is 61.1 Å². The molecule has 0 radical (unpaired) electrons. The molecule has 0 aliphatic heterocycles. The molecule has 5 nitrogen and oxygen atoms in total. The molecule has 0 aromatic carbocycles. The smallest absolute Gasteiger partial charge is 0.300 e. The van der Waals surface area contributed by atoms with E-state index in [-0.39, 0.29) is 5.56 Å². The van der Waals surface area contributed by atoms with Gasteiger partial charge in [0.25, 0.3) is 5.56 Å². The molecule has 13 heavy (non-hydrogen) atoms. The first kappa shape index (κ1) is 9.44. The van der Waals surface area contributed by atoms with Crippen LogP contribution in [0.4, 0.5) is 0 Å². The first-order valence-corrected chi connectivity index (χ1v) is 3.87. The maximum atomic E-state index is 11.3. The summed E-state index contributed by atoms with van der Waals surface area (Å²) in [5, 5.41) is 0. The number of aryl methyl sites for hydroxylation is 1.